The van der Waals surface area contributed by atoms with Crippen molar-refractivity contribution in [2.45, 2.75) is 108 Å². The van der Waals surface area contributed by atoms with Gasteiger partial charge in [-0.05, 0) is 100 Å². The third-order valence-corrected chi connectivity index (χ3v) is 12.7. The van der Waals surface area contributed by atoms with Crippen LogP contribution in [0.1, 0.15) is 117 Å². The number of unbranched alkanes of at least 4 members (excludes halogenated alkanes) is 2. The number of nitrogens with one attached hydrogen (secondary N) is 3. The van der Waals surface area contributed by atoms with E-state index in [0.717, 1.165) is 36.0 Å². The van der Waals surface area contributed by atoms with E-state index in [2.05, 4.69) is 103 Å². The van der Waals surface area contributed by atoms with Crippen LogP contribution in [0.3, 0.4) is 0 Å². The van der Waals surface area contributed by atoms with Crippen molar-refractivity contribution in [3.05, 3.63) is 179 Å². The number of carbonyl (C=O) groups excluding carboxylic acids is 3. The van der Waals surface area contributed by atoms with Crippen molar-refractivity contribution < 1.29 is 41.6 Å². The van der Waals surface area contributed by atoms with Gasteiger partial charge < -0.3 is 20.1 Å². The van der Waals surface area contributed by atoms with Crippen molar-refractivity contribution in [3.63, 3.8) is 0 Å². The molecular weight excluding hydrogens is 913 g/mol. The second-order valence-corrected chi connectivity index (χ2v) is 20.6. The summed E-state index contributed by atoms with van der Waals surface area (Å²) in [6.45, 7) is 15.8. The van der Waals surface area contributed by atoms with Crippen LogP contribution in [0.5, 0.6) is 11.5 Å². The first kappa shape index (κ1) is 53.5. The molecule has 0 aromatic heterocycles. The Kier molecular flexibility index (Phi) is 19.5. The van der Waals surface area contributed by atoms with Gasteiger partial charge in [-0.15, -0.1) is 9.32 Å². The molecule has 0 heterocycles. The number of nitrogens with two attached hydrogens (primary N) is 1. The van der Waals surface area contributed by atoms with Crippen molar-refractivity contribution in [1.29, 1.82) is 0 Å². The summed E-state index contributed by atoms with van der Waals surface area (Å²) in [6, 6.07) is 43.5. The van der Waals surface area contributed by atoms with Crippen molar-refractivity contribution in [2.75, 3.05) is 10.6 Å². The van der Waals surface area contributed by atoms with E-state index in [-0.39, 0.29) is 33.7 Å². The first-order chi connectivity index (χ1) is 32.9. The highest BCUT2D eigenvalue weighted by atomic mass is 32.2. The first-order valence-electron chi connectivity index (χ1n) is 22.6. The van der Waals surface area contributed by atoms with Gasteiger partial charge in [0.05, 0.1) is 28.3 Å². The number of ether oxygens (including phenoxy) is 2. The number of hydrogen-bond donors (Lipinski definition) is 4. The molecule has 6 aromatic carbocycles. The number of hydrogen-bond acceptors (Lipinski definition) is 11. The van der Waals surface area contributed by atoms with Gasteiger partial charge in [-0.3, -0.25) is 14.4 Å². The Hall–Kier alpha value is -6.49. The molecule has 0 saturated heterocycles. The van der Waals surface area contributed by atoms with E-state index in [4.69, 9.17) is 15.4 Å². The number of anilines is 2. The third kappa shape index (κ3) is 16.9. The molecule has 0 radical (unpaired) electrons. The maximum absolute atomic E-state index is 13.0. The van der Waals surface area contributed by atoms with E-state index in [1.165, 1.54) is 29.3 Å². The smallest absolute Gasteiger partial charge is 0.266 e. The van der Waals surface area contributed by atoms with Gasteiger partial charge in [0, 0.05) is 17.5 Å². The molecule has 0 aliphatic heterocycles. The van der Waals surface area contributed by atoms with Gasteiger partial charge in [0.2, 0.25) is 5.91 Å². The summed E-state index contributed by atoms with van der Waals surface area (Å²) < 4.78 is 44.3. The number of para-hydroxylation sites is 2. The standard InChI is InChI=1S/C30H36N2O5S.C24H26N2O4S/c1-5-6-7-15-28(33)32-38(35,36)27-14-9-8-13-26(27)31-29(34)23-11-10-12-25(20-23)37-21-22-16-18-24(19-17-22)30(2,3)4;1-24(2,3)19-13-11-17(12-14-19)16-28-20-8-6-7-18(15-20)23(27)26-21-9-4-5-10-22(21)31-30-29-25/h8-14,16-20H,5-7,15,21H2,1-4H3,(H,31,34)(H,32,33);4-15H,16,25H2,1-3H3,(H,26,27). The van der Waals surface area contributed by atoms with E-state index < -0.39 is 21.8 Å². The van der Waals surface area contributed by atoms with Crippen molar-refractivity contribution >= 4 is 51.2 Å². The zero-order chi connectivity index (χ0) is 50.0. The monoisotopic (exact) mass is 974 g/mol. The maximum atomic E-state index is 13.0. The molecular formula is C54H62N4O9S2. The van der Waals surface area contributed by atoms with Crippen LogP contribution in [0.4, 0.5) is 11.4 Å². The predicted molar refractivity (Wildman–Crippen MR) is 272 cm³/mol. The van der Waals surface area contributed by atoms with Crippen LogP contribution in [0.25, 0.3) is 0 Å². The molecule has 0 unspecified atom stereocenters. The van der Waals surface area contributed by atoms with Gasteiger partial charge >= 0.3 is 0 Å². The van der Waals surface area contributed by atoms with Gasteiger partial charge in [-0.25, -0.2) is 13.1 Å². The van der Waals surface area contributed by atoms with Crippen molar-refractivity contribution in [1.82, 2.24) is 4.72 Å². The highest BCUT2D eigenvalue weighted by Gasteiger charge is 2.23. The number of benzene rings is 6. The van der Waals surface area contributed by atoms with Crippen LogP contribution in [0, 0.1) is 0 Å². The molecule has 6 rings (SSSR count). The van der Waals surface area contributed by atoms with Crippen LogP contribution in [0.2, 0.25) is 0 Å². The third-order valence-electron chi connectivity index (χ3n) is 10.6. The molecule has 13 nitrogen and oxygen atoms in total. The van der Waals surface area contributed by atoms with E-state index in [9.17, 15) is 22.8 Å². The summed E-state index contributed by atoms with van der Waals surface area (Å²) >= 11 is 0.909. The van der Waals surface area contributed by atoms with E-state index in [1.807, 2.05) is 37.3 Å². The Bertz CT molecular complexity index is 2750. The molecule has 0 fully saturated rings. The topological polar surface area (TPSA) is 184 Å². The normalized spacial score (nSPS) is 11.4. The fourth-order valence-electron chi connectivity index (χ4n) is 6.67. The summed E-state index contributed by atoms with van der Waals surface area (Å²) in [5, 5.41) is 5.52. The van der Waals surface area contributed by atoms with Gasteiger partial charge in [0.15, 0.2) is 0 Å². The van der Waals surface area contributed by atoms with E-state index in [0.29, 0.717) is 52.8 Å². The summed E-state index contributed by atoms with van der Waals surface area (Å²) in [5.74, 6) is 4.69. The van der Waals surface area contributed by atoms with Gasteiger partial charge in [0.1, 0.15) is 29.6 Å². The Morgan fingerprint density at radius 2 is 1.07 bits per heavy atom. The Morgan fingerprint density at radius 1 is 0.594 bits per heavy atom. The number of rotatable bonds is 19. The summed E-state index contributed by atoms with van der Waals surface area (Å²) in [5.41, 5.74) is 6.21. The van der Waals surface area contributed by atoms with Crippen LogP contribution < -0.4 is 30.7 Å². The lowest BCUT2D eigenvalue weighted by Gasteiger charge is -2.19. The summed E-state index contributed by atoms with van der Waals surface area (Å²) in [7, 11) is -4.15. The fourth-order valence-corrected chi connectivity index (χ4v) is 8.31. The SMILES string of the molecule is CC(C)(C)c1ccc(COc2cccc(C(=O)Nc3ccccc3SOON)c2)cc1.CCCCCC(=O)NS(=O)(=O)c1ccccc1NC(=O)c1cccc(OCc2ccc(C(C)(C)C)cc2)c1. The lowest BCUT2D eigenvalue weighted by atomic mass is 9.87. The molecule has 5 N–H and O–H groups in total. The fraction of sp³-hybridized carbons (Fsp3) is 0.278. The van der Waals surface area contributed by atoms with Crippen LogP contribution in [-0.2, 0) is 48.2 Å². The molecule has 0 aliphatic carbocycles. The van der Waals surface area contributed by atoms with E-state index in [1.54, 1.807) is 60.7 Å². The molecule has 3 amide bonds. The minimum Gasteiger partial charge on any atom is -0.489 e. The Balaban J connectivity index is 0.000000263. The molecule has 0 saturated carbocycles. The van der Waals surface area contributed by atoms with Gasteiger partial charge in [-0.1, -0.05) is 146 Å². The zero-order valence-electron chi connectivity index (χ0n) is 40.2. The Morgan fingerprint density at radius 3 is 1.57 bits per heavy atom. The number of amides is 3. The van der Waals surface area contributed by atoms with Crippen LogP contribution in [0.15, 0.2) is 155 Å². The predicted octanol–water partition coefficient (Wildman–Crippen LogP) is 11.8. The van der Waals surface area contributed by atoms with Crippen LogP contribution >= 0.6 is 12.0 Å². The molecule has 69 heavy (non-hydrogen) atoms. The summed E-state index contributed by atoms with van der Waals surface area (Å²) in [4.78, 5) is 42.5. The molecule has 15 heteroatoms. The largest absolute Gasteiger partial charge is 0.489 e. The van der Waals surface area contributed by atoms with E-state index >= 15 is 0 Å². The lowest BCUT2D eigenvalue weighted by Crippen LogP contribution is -2.31. The molecule has 0 bridgehead atoms. The lowest BCUT2D eigenvalue weighted by molar-refractivity contribution is -0.195. The molecule has 0 spiro atoms. The second kappa shape index (κ2) is 25.2. The number of sulfonamides is 1. The molecule has 6 aromatic rings. The second-order valence-electron chi connectivity index (χ2n) is 18.2. The first-order valence-corrected chi connectivity index (χ1v) is 24.8. The minimum atomic E-state index is -4.15. The minimum absolute atomic E-state index is 0.0687. The quantitative estimate of drug-likeness (QED) is 0.0262. The molecule has 364 valence electrons. The summed E-state index contributed by atoms with van der Waals surface area (Å²) in [6.07, 6.45) is 2.49. The Labute approximate surface area is 410 Å². The van der Waals surface area contributed by atoms with Crippen LogP contribution in [-0.4, -0.2) is 26.1 Å². The van der Waals surface area contributed by atoms with Gasteiger partial charge in [-0.2, -0.15) is 5.90 Å². The van der Waals surface area contributed by atoms with Crippen molar-refractivity contribution in [3.8, 4) is 11.5 Å². The molecule has 0 atom stereocenters. The highest BCUT2D eigenvalue weighted by Crippen LogP contribution is 2.29. The van der Waals surface area contributed by atoms with Gasteiger partial charge in [0.25, 0.3) is 21.8 Å². The molecule has 0 aliphatic rings. The average molecular weight is 975 g/mol. The zero-order valence-corrected chi connectivity index (χ0v) is 41.8. The van der Waals surface area contributed by atoms with Crippen molar-refractivity contribution in [2.24, 2.45) is 5.90 Å². The number of carbonyl (C=O) groups is 3. The highest BCUT2D eigenvalue weighted by molar-refractivity contribution is 7.94. The average Bonchev–Trinajstić information content (AvgIpc) is 3.32. The maximum Gasteiger partial charge on any atom is 0.266 e.